The fourth-order valence-electron chi connectivity index (χ4n) is 1.96. The molecule has 0 aliphatic heterocycles. The summed E-state index contributed by atoms with van der Waals surface area (Å²) in [6.07, 6.45) is 1.01. The van der Waals surface area contributed by atoms with Crippen LogP contribution in [-0.2, 0) is 6.54 Å². The number of rotatable bonds is 7. The number of hydrogen-bond acceptors (Lipinski definition) is 2. The van der Waals surface area contributed by atoms with Crippen LogP contribution in [0.1, 0.15) is 17.5 Å². The van der Waals surface area contributed by atoms with Crippen LogP contribution in [0.2, 0.25) is 0 Å². The third-order valence-corrected chi connectivity index (χ3v) is 2.92. The molecule has 0 fully saturated rings. The molecule has 0 amide bonds. The van der Waals surface area contributed by atoms with Crippen molar-refractivity contribution in [3.8, 4) is 5.75 Å². The second kappa shape index (κ2) is 7.59. The second-order valence-electron chi connectivity index (χ2n) is 4.68. The van der Waals surface area contributed by atoms with Crippen LogP contribution in [-0.4, -0.2) is 13.2 Å². The predicted molar refractivity (Wildman–Crippen MR) is 79.4 cm³/mol. The number of aryl methyl sites for hydroxylation is 1. The van der Waals surface area contributed by atoms with E-state index in [1.165, 1.54) is 11.1 Å². The first-order chi connectivity index (χ1) is 9.34. The van der Waals surface area contributed by atoms with Gasteiger partial charge in [-0.25, -0.2) is 0 Å². The predicted octanol–water partition coefficient (Wildman–Crippen LogP) is 3.55. The molecule has 0 bridgehead atoms. The summed E-state index contributed by atoms with van der Waals surface area (Å²) in [6.45, 7) is 4.77. The van der Waals surface area contributed by atoms with Crippen LogP contribution in [0, 0.1) is 6.92 Å². The molecule has 100 valence electrons. The minimum atomic E-state index is 0.755. The Kier molecular flexibility index (Phi) is 5.45. The lowest BCUT2D eigenvalue weighted by atomic mass is 10.1. The smallest absolute Gasteiger partial charge is 0.119 e. The van der Waals surface area contributed by atoms with Gasteiger partial charge in [-0.05, 0) is 37.6 Å². The van der Waals surface area contributed by atoms with Crippen LogP contribution in [0.3, 0.4) is 0 Å². The highest BCUT2D eigenvalue weighted by Gasteiger charge is 1.94. The molecule has 0 spiro atoms. The zero-order valence-corrected chi connectivity index (χ0v) is 11.4. The molecule has 2 nitrogen and oxygen atoms in total. The topological polar surface area (TPSA) is 21.3 Å². The van der Waals surface area contributed by atoms with E-state index in [9.17, 15) is 0 Å². The average Bonchev–Trinajstić information content (AvgIpc) is 2.44. The van der Waals surface area contributed by atoms with Crippen molar-refractivity contribution >= 4 is 0 Å². The Hall–Kier alpha value is -1.80. The zero-order valence-electron chi connectivity index (χ0n) is 11.4. The Labute approximate surface area is 115 Å². The average molecular weight is 255 g/mol. The van der Waals surface area contributed by atoms with Crippen LogP contribution in [0.4, 0.5) is 0 Å². The summed E-state index contributed by atoms with van der Waals surface area (Å²) in [5, 5.41) is 3.44. The minimum absolute atomic E-state index is 0.755. The third kappa shape index (κ3) is 5.14. The summed E-state index contributed by atoms with van der Waals surface area (Å²) in [4.78, 5) is 0. The van der Waals surface area contributed by atoms with E-state index in [4.69, 9.17) is 4.74 Å². The molecule has 0 aliphatic carbocycles. The van der Waals surface area contributed by atoms with E-state index in [0.29, 0.717) is 0 Å². The molecule has 0 radical (unpaired) electrons. The molecule has 19 heavy (non-hydrogen) atoms. The Bertz CT molecular complexity index is 482. The van der Waals surface area contributed by atoms with Gasteiger partial charge in [0, 0.05) is 6.54 Å². The second-order valence-corrected chi connectivity index (χ2v) is 4.68. The van der Waals surface area contributed by atoms with E-state index < -0.39 is 0 Å². The fourth-order valence-corrected chi connectivity index (χ4v) is 1.96. The van der Waals surface area contributed by atoms with Crippen molar-refractivity contribution in [3.63, 3.8) is 0 Å². The molecular formula is C17H21NO. The first-order valence-corrected chi connectivity index (χ1v) is 6.79. The van der Waals surface area contributed by atoms with Gasteiger partial charge in [-0.1, -0.05) is 48.0 Å². The van der Waals surface area contributed by atoms with Crippen LogP contribution >= 0.6 is 0 Å². The molecule has 0 saturated carbocycles. The van der Waals surface area contributed by atoms with E-state index in [0.717, 1.165) is 31.9 Å². The monoisotopic (exact) mass is 255 g/mol. The Morgan fingerprint density at radius 2 is 1.84 bits per heavy atom. The molecule has 0 aliphatic rings. The van der Waals surface area contributed by atoms with E-state index in [1.807, 2.05) is 30.3 Å². The number of benzene rings is 2. The molecule has 0 aromatic heterocycles. The summed E-state index contributed by atoms with van der Waals surface area (Å²) >= 11 is 0. The van der Waals surface area contributed by atoms with Gasteiger partial charge in [-0.3, -0.25) is 0 Å². The van der Waals surface area contributed by atoms with E-state index >= 15 is 0 Å². The van der Waals surface area contributed by atoms with Crippen molar-refractivity contribution in [2.45, 2.75) is 19.9 Å². The van der Waals surface area contributed by atoms with Crippen LogP contribution < -0.4 is 10.1 Å². The summed E-state index contributed by atoms with van der Waals surface area (Å²) in [7, 11) is 0. The lowest BCUT2D eigenvalue weighted by molar-refractivity contribution is 0.308. The molecule has 2 heteroatoms. The van der Waals surface area contributed by atoms with Gasteiger partial charge in [0.1, 0.15) is 5.75 Å². The quantitative estimate of drug-likeness (QED) is 0.764. The lowest BCUT2D eigenvalue weighted by Crippen LogP contribution is -2.17. The molecule has 0 heterocycles. The van der Waals surface area contributed by atoms with E-state index in [2.05, 4.69) is 36.5 Å². The molecule has 0 saturated heterocycles. The summed E-state index contributed by atoms with van der Waals surface area (Å²) in [5.74, 6) is 0.946. The third-order valence-electron chi connectivity index (χ3n) is 2.92. The summed E-state index contributed by atoms with van der Waals surface area (Å²) in [6, 6.07) is 18.5. The van der Waals surface area contributed by atoms with Gasteiger partial charge in [0.05, 0.1) is 6.61 Å². The van der Waals surface area contributed by atoms with Crippen LogP contribution in [0.5, 0.6) is 5.75 Å². The Morgan fingerprint density at radius 3 is 2.63 bits per heavy atom. The van der Waals surface area contributed by atoms with Crippen molar-refractivity contribution in [2.75, 3.05) is 13.2 Å². The number of nitrogens with one attached hydrogen (secondary N) is 1. The van der Waals surface area contributed by atoms with Gasteiger partial charge in [0.25, 0.3) is 0 Å². The summed E-state index contributed by atoms with van der Waals surface area (Å²) in [5.41, 5.74) is 2.65. The highest BCUT2D eigenvalue weighted by Crippen LogP contribution is 2.08. The largest absolute Gasteiger partial charge is 0.494 e. The van der Waals surface area contributed by atoms with Gasteiger partial charge in [-0.15, -0.1) is 0 Å². The number of hydrogen-bond donors (Lipinski definition) is 1. The molecule has 0 unspecified atom stereocenters. The molecule has 2 aromatic carbocycles. The number of ether oxygens (including phenoxy) is 1. The van der Waals surface area contributed by atoms with Crippen LogP contribution in [0.15, 0.2) is 54.6 Å². The maximum atomic E-state index is 5.64. The van der Waals surface area contributed by atoms with Crippen molar-refractivity contribution in [2.24, 2.45) is 0 Å². The lowest BCUT2D eigenvalue weighted by Gasteiger charge is -2.07. The minimum Gasteiger partial charge on any atom is -0.494 e. The van der Waals surface area contributed by atoms with Gasteiger partial charge in [-0.2, -0.15) is 0 Å². The molecule has 0 atom stereocenters. The molecular weight excluding hydrogens is 234 g/mol. The van der Waals surface area contributed by atoms with Crippen molar-refractivity contribution < 1.29 is 4.74 Å². The standard InChI is InChI=1S/C17H21NO/c1-15-7-5-8-16(13-15)14-18-11-6-12-19-17-9-3-2-4-10-17/h2-5,7-10,13,18H,6,11-12,14H2,1H3. The van der Waals surface area contributed by atoms with E-state index in [-0.39, 0.29) is 0 Å². The maximum absolute atomic E-state index is 5.64. The van der Waals surface area contributed by atoms with Crippen LogP contribution in [0.25, 0.3) is 0 Å². The fraction of sp³-hybridized carbons (Fsp3) is 0.294. The van der Waals surface area contributed by atoms with Crippen molar-refractivity contribution in [1.29, 1.82) is 0 Å². The van der Waals surface area contributed by atoms with Gasteiger partial charge in [0.2, 0.25) is 0 Å². The van der Waals surface area contributed by atoms with E-state index in [1.54, 1.807) is 0 Å². The maximum Gasteiger partial charge on any atom is 0.119 e. The van der Waals surface area contributed by atoms with Crippen molar-refractivity contribution in [3.05, 3.63) is 65.7 Å². The molecule has 1 N–H and O–H groups in total. The summed E-state index contributed by atoms with van der Waals surface area (Å²) < 4.78 is 5.64. The SMILES string of the molecule is Cc1cccc(CNCCCOc2ccccc2)c1. The van der Waals surface area contributed by atoms with Gasteiger partial charge in [0.15, 0.2) is 0 Å². The first-order valence-electron chi connectivity index (χ1n) is 6.79. The zero-order chi connectivity index (χ0) is 13.3. The van der Waals surface area contributed by atoms with Crippen molar-refractivity contribution in [1.82, 2.24) is 5.32 Å². The molecule has 2 rings (SSSR count). The number of para-hydroxylation sites is 1. The Balaban J connectivity index is 1.58. The Morgan fingerprint density at radius 1 is 1.00 bits per heavy atom. The van der Waals surface area contributed by atoms with Gasteiger partial charge >= 0.3 is 0 Å². The highest BCUT2D eigenvalue weighted by molar-refractivity contribution is 5.22. The molecule has 2 aromatic rings. The first kappa shape index (κ1) is 13.6. The van der Waals surface area contributed by atoms with Gasteiger partial charge < -0.3 is 10.1 Å². The normalized spacial score (nSPS) is 10.4. The highest BCUT2D eigenvalue weighted by atomic mass is 16.5.